The average Bonchev–Trinajstić information content (AvgIpc) is 2.26. The number of halogens is 2. The summed E-state index contributed by atoms with van der Waals surface area (Å²) >= 11 is 0. The third-order valence-electron chi connectivity index (χ3n) is 2.09. The molecule has 0 aliphatic rings. The van der Waals surface area contributed by atoms with Crippen molar-refractivity contribution in [1.82, 2.24) is 0 Å². The third-order valence-corrected chi connectivity index (χ3v) is 2.09. The Labute approximate surface area is 96.8 Å². The van der Waals surface area contributed by atoms with Crippen LogP contribution in [0.3, 0.4) is 0 Å². The molecule has 0 aliphatic heterocycles. The molecule has 0 saturated heterocycles. The molecule has 1 rings (SSSR count). The number of aromatic hydroxyl groups is 1. The lowest BCUT2D eigenvalue weighted by molar-refractivity contribution is -0.140. The van der Waals surface area contributed by atoms with Crippen LogP contribution >= 0.6 is 0 Å². The van der Waals surface area contributed by atoms with Gasteiger partial charge in [0.15, 0.2) is 0 Å². The third kappa shape index (κ3) is 4.26. The highest BCUT2D eigenvalue weighted by Gasteiger charge is 2.12. The molecule has 1 aromatic carbocycles. The molecule has 0 fully saturated rings. The monoisotopic (exact) mass is 246 g/mol. The summed E-state index contributed by atoms with van der Waals surface area (Å²) in [6, 6.07) is 3.85. The smallest absolute Gasteiger partial charge is 0.387 e. The Kier molecular flexibility index (Phi) is 4.68. The van der Waals surface area contributed by atoms with Crippen molar-refractivity contribution in [3.63, 3.8) is 0 Å². The van der Waals surface area contributed by atoms with Crippen LogP contribution in [0.5, 0.6) is 11.5 Å². The summed E-state index contributed by atoms with van der Waals surface area (Å²) in [6.45, 7) is -2.98. The number of rotatable bonds is 5. The van der Waals surface area contributed by atoms with Gasteiger partial charge in [-0.15, -0.1) is 0 Å². The molecule has 0 aromatic heterocycles. The number of ether oxygens (including phenoxy) is 2. The Hall–Kier alpha value is -1.85. The number of carbonyl (C=O) groups excluding carboxylic acids is 1. The summed E-state index contributed by atoms with van der Waals surface area (Å²) in [5, 5.41) is 9.16. The van der Waals surface area contributed by atoms with Gasteiger partial charge in [0.25, 0.3) is 0 Å². The molecule has 94 valence electrons. The van der Waals surface area contributed by atoms with Crippen molar-refractivity contribution < 1.29 is 28.2 Å². The van der Waals surface area contributed by atoms with Crippen molar-refractivity contribution in [2.24, 2.45) is 0 Å². The predicted octanol–water partition coefficient (Wildman–Crippen LogP) is 2.10. The summed E-state index contributed by atoms with van der Waals surface area (Å²) in [4.78, 5) is 10.9. The van der Waals surface area contributed by atoms with Gasteiger partial charge in [-0.3, -0.25) is 4.79 Å². The zero-order valence-electron chi connectivity index (χ0n) is 9.15. The molecule has 0 radical (unpaired) electrons. The lowest BCUT2D eigenvalue weighted by Crippen LogP contribution is -2.06. The van der Waals surface area contributed by atoms with Crippen molar-refractivity contribution >= 4 is 5.97 Å². The number of hydrogen-bond donors (Lipinski definition) is 1. The average molecular weight is 246 g/mol. The maximum Gasteiger partial charge on any atom is 0.387 e. The van der Waals surface area contributed by atoms with E-state index in [1.807, 2.05) is 0 Å². The first kappa shape index (κ1) is 13.2. The zero-order chi connectivity index (χ0) is 12.8. The number of phenols is 1. The maximum absolute atomic E-state index is 12.1. The van der Waals surface area contributed by atoms with Crippen molar-refractivity contribution in [1.29, 1.82) is 0 Å². The second-order valence-electron chi connectivity index (χ2n) is 3.25. The number of benzene rings is 1. The molecule has 0 unspecified atom stereocenters. The fourth-order valence-electron chi connectivity index (χ4n) is 1.29. The van der Waals surface area contributed by atoms with Gasteiger partial charge < -0.3 is 14.6 Å². The number of hydrogen-bond acceptors (Lipinski definition) is 4. The van der Waals surface area contributed by atoms with E-state index >= 15 is 0 Å². The van der Waals surface area contributed by atoms with Gasteiger partial charge in [0.05, 0.1) is 7.11 Å². The number of methoxy groups -OCH3 is 1. The first-order valence-corrected chi connectivity index (χ1v) is 4.86. The fraction of sp³-hybridized carbons (Fsp3) is 0.364. The standard InChI is InChI=1S/C11H12F2O4/c1-16-10(15)5-3-7-2-4-8(14)6-9(7)17-11(12)13/h2,4,6,11,14H,3,5H2,1H3. The molecule has 0 amide bonds. The number of carbonyl (C=O) groups is 1. The highest BCUT2D eigenvalue weighted by molar-refractivity contribution is 5.69. The number of alkyl halides is 2. The van der Waals surface area contributed by atoms with Crippen LogP contribution in [0, 0.1) is 0 Å². The molecule has 6 heteroatoms. The molecule has 0 bridgehead atoms. The van der Waals surface area contributed by atoms with Crippen molar-refractivity contribution in [2.45, 2.75) is 19.5 Å². The molecule has 1 N–H and O–H groups in total. The van der Waals surface area contributed by atoms with Gasteiger partial charge in [-0.05, 0) is 18.1 Å². The van der Waals surface area contributed by atoms with Crippen LogP contribution in [0.1, 0.15) is 12.0 Å². The molecule has 17 heavy (non-hydrogen) atoms. The molecule has 4 nitrogen and oxygen atoms in total. The van der Waals surface area contributed by atoms with Crippen molar-refractivity contribution in [3.05, 3.63) is 23.8 Å². The van der Waals surface area contributed by atoms with Gasteiger partial charge in [0, 0.05) is 12.5 Å². The van der Waals surface area contributed by atoms with Crippen LogP contribution in [0.2, 0.25) is 0 Å². The topological polar surface area (TPSA) is 55.8 Å². The molecule has 0 atom stereocenters. The predicted molar refractivity (Wildman–Crippen MR) is 55.1 cm³/mol. The number of aryl methyl sites for hydroxylation is 1. The molecular weight excluding hydrogens is 234 g/mol. The fourth-order valence-corrected chi connectivity index (χ4v) is 1.29. The normalized spacial score (nSPS) is 10.4. The van der Waals surface area contributed by atoms with E-state index in [1.165, 1.54) is 19.2 Å². The van der Waals surface area contributed by atoms with Crippen molar-refractivity contribution in [3.8, 4) is 11.5 Å². The van der Waals surface area contributed by atoms with Crippen LogP contribution in [0.4, 0.5) is 8.78 Å². The van der Waals surface area contributed by atoms with E-state index in [0.29, 0.717) is 5.56 Å². The lowest BCUT2D eigenvalue weighted by atomic mass is 10.1. The minimum Gasteiger partial charge on any atom is -0.508 e. The minimum absolute atomic E-state index is 0.0564. The van der Waals surface area contributed by atoms with Crippen LogP contribution in [0.15, 0.2) is 18.2 Å². The number of esters is 1. The van der Waals surface area contributed by atoms with E-state index in [4.69, 9.17) is 5.11 Å². The maximum atomic E-state index is 12.1. The van der Waals surface area contributed by atoms with Gasteiger partial charge in [-0.2, -0.15) is 8.78 Å². The zero-order valence-corrected chi connectivity index (χ0v) is 9.15. The van der Waals surface area contributed by atoms with Gasteiger partial charge in [-0.1, -0.05) is 6.07 Å². The first-order chi connectivity index (χ1) is 8.02. The molecule has 0 saturated carbocycles. The Bertz CT molecular complexity index is 393. The lowest BCUT2D eigenvalue weighted by Gasteiger charge is -2.10. The van der Waals surface area contributed by atoms with Crippen molar-refractivity contribution in [2.75, 3.05) is 7.11 Å². The van der Waals surface area contributed by atoms with Crippen LogP contribution < -0.4 is 4.74 Å². The highest BCUT2D eigenvalue weighted by atomic mass is 19.3. The summed E-state index contributed by atoms with van der Waals surface area (Å²) in [6.07, 6.45) is 0.260. The molecular formula is C11H12F2O4. The quantitative estimate of drug-likeness (QED) is 0.808. The molecule has 0 aliphatic carbocycles. The van der Waals surface area contributed by atoms with E-state index in [0.717, 1.165) is 6.07 Å². The van der Waals surface area contributed by atoms with Gasteiger partial charge >= 0.3 is 12.6 Å². The minimum atomic E-state index is -2.98. The van der Waals surface area contributed by atoms with E-state index in [1.54, 1.807) is 0 Å². The Morgan fingerprint density at radius 3 is 2.76 bits per heavy atom. The Balaban J connectivity index is 2.78. The van der Waals surface area contributed by atoms with E-state index in [-0.39, 0.29) is 24.3 Å². The van der Waals surface area contributed by atoms with E-state index in [2.05, 4.69) is 9.47 Å². The Morgan fingerprint density at radius 2 is 2.18 bits per heavy atom. The number of phenolic OH excluding ortho intramolecular Hbond substituents is 1. The van der Waals surface area contributed by atoms with Gasteiger partial charge in [0.1, 0.15) is 11.5 Å². The summed E-state index contributed by atoms with van der Waals surface area (Å²) in [5.74, 6) is -0.757. The van der Waals surface area contributed by atoms with E-state index < -0.39 is 12.6 Å². The molecule has 0 spiro atoms. The van der Waals surface area contributed by atoms with Gasteiger partial charge in [-0.25, -0.2) is 0 Å². The van der Waals surface area contributed by atoms with Gasteiger partial charge in [0.2, 0.25) is 0 Å². The molecule has 0 heterocycles. The largest absolute Gasteiger partial charge is 0.508 e. The molecule has 1 aromatic rings. The second kappa shape index (κ2) is 6.03. The van der Waals surface area contributed by atoms with Crippen LogP contribution in [0.25, 0.3) is 0 Å². The van der Waals surface area contributed by atoms with E-state index in [9.17, 15) is 13.6 Å². The van der Waals surface area contributed by atoms with Crippen LogP contribution in [-0.4, -0.2) is 24.8 Å². The summed E-state index contributed by atoms with van der Waals surface area (Å²) in [7, 11) is 1.25. The first-order valence-electron chi connectivity index (χ1n) is 4.86. The second-order valence-corrected chi connectivity index (χ2v) is 3.25. The Morgan fingerprint density at radius 1 is 1.47 bits per heavy atom. The van der Waals surface area contributed by atoms with Crippen LogP contribution in [-0.2, 0) is 16.0 Å². The SMILES string of the molecule is COC(=O)CCc1ccc(O)cc1OC(F)F. The summed E-state index contributed by atoms with van der Waals surface area (Å²) < 4.78 is 32.9. The highest BCUT2D eigenvalue weighted by Crippen LogP contribution is 2.26. The summed E-state index contributed by atoms with van der Waals surface area (Å²) in [5.41, 5.74) is 0.411.